The number of hydrogen-bond acceptors (Lipinski definition) is 0. The van der Waals surface area contributed by atoms with E-state index in [1.54, 1.807) is 50.3 Å². The molecule has 0 radical (unpaired) electrons. The Balaban J connectivity index is 0.00000200. The van der Waals surface area contributed by atoms with Gasteiger partial charge in [0, 0.05) is 0 Å². The maximum atomic E-state index is 2.76. The number of rotatable bonds is 4. The van der Waals surface area contributed by atoms with Crippen molar-refractivity contribution in [2.75, 3.05) is 0 Å². The topological polar surface area (TPSA) is 0 Å². The second kappa shape index (κ2) is 12.3. The van der Waals surface area contributed by atoms with Gasteiger partial charge in [0.15, 0.2) is 0 Å². The number of benzene rings is 2. The van der Waals surface area contributed by atoms with Crippen LogP contribution in [0.25, 0.3) is 11.1 Å². The molecule has 3 heteroatoms. The zero-order valence-corrected chi connectivity index (χ0v) is 33.7. The van der Waals surface area contributed by atoms with Crippen molar-refractivity contribution in [2.24, 2.45) is 29.1 Å². The molecule has 4 fully saturated rings. The summed E-state index contributed by atoms with van der Waals surface area (Å²) in [6.45, 7) is 24.6. The van der Waals surface area contributed by atoms with Gasteiger partial charge in [0.2, 0.25) is 0 Å². The van der Waals surface area contributed by atoms with Gasteiger partial charge in [-0.3, -0.25) is 0 Å². The van der Waals surface area contributed by atoms with Crippen LogP contribution in [0.2, 0.25) is 0 Å². The standard InChI is InChI=1S/C21H25.C18H25.C3H6.2ClH.Zr/c1-20(2,3)16-7-9-18-14(12-16)11-15-13-17(21(4,5)6)8-10-19(15)18;1-12-3-13(2)17(4-12)11-18-8-14-5-15(9-18)7-16(6-14)10-18;1-3-2;;;/h7-10,12H,11H2,1-6H3;4,12,14-16H,5-11H2,1-2H3;1-2H3;2*1H;/q;;;;;+2/p-2. The summed E-state index contributed by atoms with van der Waals surface area (Å²) in [5, 5.41) is 0. The molecule has 0 aliphatic heterocycles. The first-order chi connectivity index (χ1) is 20.1. The summed E-state index contributed by atoms with van der Waals surface area (Å²) < 4.78 is 5.47. The van der Waals surface area contributed by atoms with Gasteiger partial charge in [-0.25, -0.2) is 0 Å². The number of fused-ring (bicyclic) bond motifs is 3. The molecule has 2 aromatic rings. The van der Waals surface area contributed by atoms with Gasteiger partial charge in [0.25, 0.3) is 0 Å². The maximum absolute atomic E-state index is 2.76. The first-order valence-electron chi connectivity index (χ1n) is 17.5. The van der Waals surface area contributed by atoms with Crippen LogP contribution in [0, 0.1) is 29.1 Å². The Morgan fingerprint density at radius 2 is 1.40 bits per heavy atom. The van der Waals surface area contributed by atoms with Crippen molar-refractivity contribution in [3.05, 3.63) is 73.1 Å². The summed E-state index contributed by atoms with van der Waals surface area (Å²) in [4.78, 5) is 0. The van der Waals surface area contributed by atoms with Crippen LogP contribution >= 0.6 is 0 Å². The molecule has 0 spiro atoms. The van der Waals surface area contributed by atoms with Gasteiger partial charge in [-0.15, -0.1) is 0 Å². The van der Waals surface area contributed by atoms with Crippen LogP contribution in [-0.4, -0.2) is 3.21 Å². The van der Waals surface area contributed by atoms with Crippen molar-refractivity contribution in [1.29, 1.82) is 0 Å². The first-order valence-corrected chi connectivity index (χ1v) is 21.2. The van der Waals surface area contributed by atoms with E-state index >= 15 is 0 Å². The van der Waals surface area contributed by atoms with Gasteiger partial charge in [-0.2, -0.15) is 0 Å². The fourth-order valence-corrected chi connectivity index (χ4v) is 19.8. The molecule has 0 saturated heterocycles. The molecule has 0 heterocycles. The average Bonchev–Trinajstić information content (AvgIpc) is 3.38. The molecule has 242 valence electrons. The van der Waals surface area contributed by atoms with Crippen molar-refractivity contribution < 1.29 is 46.1 Å². The molecule has 1 unspecified atom stereocenters. The van der Waals surface area contributed by atoms with Crippen LogP contribution in [0.5, 0.6) is 0 Å². The monoisotopic (exact) mass is 720 g/mol. The maximum Gasteiger partial charge on any atom is -1.00 e. The summed E-state index contributed by atoms with van der Waals surface area (Å²) in [6, 6.07) is 12.4. The van der Waals surface area contributed by atoms with E-state index < -0.39 is 21.3 Å². The van der Waals surface area contributed by atoms with Crippen molar-refractivity contribution in [3.63, 3.8) is 0 Å². The van der Waals surface area contributed by atoms with Crippen LogP contribution in [0.4, 0.5) is 0 Å². The molecule has 0 aromatic heterocycles. The van der Waals surface area contributed by atoms with Gasteiger partial charge in [-0.05, 0) is 0 Å². The molecule has 45 heavy (non-hydrogen) atoms. The third-order valence-electron chi connectivity index (χ3n) is 12.3. The molecule has 6 aliphatic rings. The SMILES string of the molecule is CC1=[C]([Zr+2](=[C](C)C)[c]2c(C(C)(C)C)ccc3c2Cc2cc(C(C)(C)C)ccc2-3)C(C)C=C1CC12CC3CC(CC(C3)C1)C2.[Cl-].[Cl-]. The van der Waals surface area contributed by atoms with Crippen molar-refractivity contribution in [3.8, 4) is 11.1 Å². The van der Waals surface area contributed by atoms with E-state index in [9.17, 15) is 0 Å². The van der Waals surface area contributed by atoms with E-state index in [0.29, 0.717) is 11.3 Å². The predicted octanol–water partition coefficient (Wildman–Crippen LogP) is 4.77. The third kappa shape index (κ3) is 6.17. The van der Waals surface area contributed by atoms with E-state index in [4.69, 9.17) is 0 Å². The summed E-state index contributed by atoms with van der Waals surface area (Å²) in [6.07, 6.45) is 14.4. The molecule has 0 nitrogen and oxygen atoms in total. The Hall–Kier alpha value is -0.747. The molecule has 8 rings (SSSR count). The summed E-state index contributed by atoms with van der Waals surface area (Å²) in [5.74, 6) is 3.70. The van der Waals surface area contributed by atoms with E-state index in [0.717, 1.165) is 24.2 Å². The minimum Gasteiger partial charge on any atom is -1.00 e. The molecule has 2 aromatic carbocycles. The van der Waals surface area contributed by atoms with Gasteiger partial charge < -0.3 is 24.8 Å². The number of allylic oxidation sites excluding steroid dienone is 4. The minimum atomic E-state index is -2.39. The second-order valence-corrected chi connectivity index (χ2v) is 24.9. The van der Waals surface area contributed by atoms with Crippen LogP contribution in [0.15, 0.2) is 50.8 Å². The molecule has 0 N–H and O–H groups in total. The average molecular weight is 723 g/mol. The van der Waals surface area contributed by atoms with Crippen molar-refractivity contribution >= 4 is 6.48 Å². The van der Waals surface area contributed by atoms with Crippen LogP contribution in [0.1, 0.15) is 136 Å². The Labute approximate surface area is 295 Å². The van der Waals surface area contributed by atoms with Crippen molar-refractivity contribution in [1.82, 2.24) is 0 Å². The minimum absolute atomic E-state index is 0. The number of halogens is 2. The molecule has 4 saturated carbocycles. The third-order valence-corrected chi connectivity index (χ3v) is 20.7. The Morgan fingerprint density at radius 1 is 0.822 bits per heavy atom. The van der Waals surface area contributed by atoms with E-state index in [-0.39, 0.29) is 35.6 Å². The van der Waals surface area contributed by atoms with E-state index in [1.165, 1.54) is 42.4 Å². The quantitative estimate of drug-likeness (QED) is 0.365. The number of hydrogen-bond donors (Lipinski definition) is 0. The fraction of sp³-hybridized carbons (Fsp3) is 0.595. The molecular weight excluding hydrogens is 667 g/mol. The fourth-order valence-electron chi connectivity index (χ4n) is 10.8. The summed E-state index contributed by atoms with van der Waals surface area (Å²) in [5.41, 5.74) is 13.8. The van der Waals surface area contributed by atoms with Gasteiger partial charge in [0.05, 0.1) is 0 Å². The van der Waals surface area contributed by atoms with Crippen molar-refractivity contribution in [2.45, 2.75) is 131 Å². The molecule has 4 bridgehead atoms. The Bertz CT molecular complexity index is 1560. The molecule has 0 amide bonds. The van der Waals surface area contributed by atoms with Gasteiger partial charge >= 0.3 is 272 Å². The van der Waals surface area contributed by atoms with Crippen LogP contribution in [0.3, 0.4) is 0 Å². The zero-order chi connectivity index (χ0) is 30.6. The van der Waals surface area contributed by atoms with Crippen LogP contribution < -0.4 is 28.1 Å². The molecule has 6 aliphatic carbocycles. The summed E-state index contributed by atoms with van der Waals surface area (Å²) >= 11 is -2.39. The Kier molecular flexibility index (Phi) is 9.71. The molecular formula is C42H56Cl2Zr. The second-order valence-electron chi connectivity index (χ2n) is 18.1. The summed E-state index contributed by atoms with van der Waals surface area (Å²) in [7, 11) is 0. The van der Waals surface area contributed by atoms with Gasteiger partial charge in [0.1, 0.15) is 0 Å². The normalized spacial score (nSPS) is 27.7. The van der Waals surface area contributed by atoms with E-state index in [1.807, 2.05) is 6.55 Å². The van der Waals surface area contributed by atoms with E-state index in [2.05, 4.69) is 106 Å². The predicted molar refractivity (Wildman–Crippen MR) is 183 cm³/mol. The molecule has 1 atom stereocenters. The van der Waals surface area contributed by atoms with Gasteiger partial charge in [-0.1, -0.05) is 0 Å². The zero-order valence-electron chi connectivity index (χ0n) is 29.7. The van der Waals surface area contributed by atoms with Crippen LogP contribution in [-0.2, 0) is 38.5 Å². The smallest absolute Gasteiger partial charge is 1.00 e. The largest absolute Gasteiger partial charge is 1.00 e. The first kappa shape index (κ1) is 35.6. The Morgan fingerprint density at radius 3 is 1.93 bits per heavy atom.